The van der Waals surface area contributed by atoms with Crippen molar-refractivity contribution >= 4 is 17.3 Å². The van der Waals surface area contributed by atoms with Gasteiger partial charge < -0.3 is 11.1 Å². The minimum atomic E-state index is -0.790. The minimum Gasteiger partial charge on any atom is -0.399 e. The number of nitrogens with two attached hydrogens (primary N) is 1. The molecule has 0 atom stereocenters. The molecule has 0 unspecified atom stereocenters. The molecular formula is C15H14F2N2O. The molecule has 2 rings (SSSR count). The van der Waals surface area contributed by atoms with Crippen molar-refractivity contribution in [3.8, 4) is 0 Å². The zero-order valence-electron chi connectivity index (χ0n) is 10.7. The van der Waals surface area contributed by atoms with Gasteiger partial charge in [0.25, 0.3) is 0 Å². The SMILES string of the molecule is Nc1cccc(CCC(=O)Nc2ccc(F)cc2F)c1. The summed E-state index contributed by atoms with van der Waals surface area (Å²) in [7, 11) is 0. The molecule has 0 aliphatic carbocycles. The van der Waals surface area contributed by atoms with Crippen LogP contribution in [0.3, 0.4) is 0 Å². The summed E-state index contributed by atoms with van der Waals surface area (Å²) in [6.45, 7) is 0. The van der Waals surface area contributed by atoms with Gasteiger partial charge in [0.15, 0.2) is 0 Å². The second-order valence-corrected chi connectivity index (χ2v) is 4.42. The molecule has 0 heterocycles. The zero-order chi connectivity index (χ0) is 14.5. The number of nitrogens with one attached hydrogen (secondary N) is 1. The van der Waals surface area contributed by atoms with Gasteiger partial charge in [0.2, 0.25) is 5.91 Å². The van der Waals surface area contributed by atoms with Crippen LogP contribution in [0.1, 0.15) is 12.0 Å². The molecule has 0 saturated heterocycles. The van der Waals surface area contributed by atoms with Gasteiger partial charge in [-0.3, -0.25) is 4.79 Å². The van der Waals surface area contributed by atoms with Crippen LogP contribution in [0.15, 0.2) is 42.5 Å². The van der Waals surface area contributed by atoms with Gasteiger partial charge in [0, 0.05) is 18.2 Å². The molecule has 5 heteroatoms. The summed E-state index contributed by atoms with van der Waals surface area (Å²) >= 11 is 0. The van der Waals surface area contributed by atoms with Gasteiger partial charge in [-0.05, 0) is 36.2 Å². The van der Waals surface area contributed by atoms with Gasteiger partial charge in [0.05, 0.1) is 5.69 Å². The largest absolute Gasteiger partial charge is 0.399 e. The highest BCUT2D eigenvalue weighted by Crippen LogP contribution is 2.16. The second kappa shape index (κ2) is 6.14. The smallest absolute Gasteiger partial charge is 0.224 e. The first-order valence-electron chi connectivity index (χ1n) is 6.14. The van der Waals surface area contributed by atoms with E-state index in [1.165, 1.54) is 6.07 Å². The van der Waals surface area contributed by atoms with E-state index in [4.69, 9.17) is 5.73 Å². The fourth-order valence-electron chi connectivity index (χ4n) is 1.81. The lowest BCUT2D eigenvalue weighted by Gasteiger charge is -2.07. The molecule has 20 heavy (non-hydrogen) atoms. The van der Waals surface area contributed by atoms with Crippen molar-refractivity contribution in [3.63, 3.8) is 0 Å². The Bertz CT molecular complexity index is 629. The van der Waals surface area contributed by atoms with Crippen molar-refractivity contribution in [2.75, 3.05) is 11.1 Å². The van der Waals surface area contributed by atoms with E-state index in [0.29, 0.717) is 12.1 Å². The first kappa shape index (κ1) is 14.0. The molecule has 2 aromatic carbocycles. The number of aryl methyl sites for hydroxylation is 1. The Kier molecular flexibility index (Phi) is 4.30. The highest BCUT2D eigenvalue weighted by molar-refractivity contribution is 5.90. The summed E-state index contributed by atoms with van der Waals surface area (Å²) in [6.07, 6.45) is 0.694. The average Bonchev–Trinajstić information content (AvgIpc) is 2.40. The molecule has 0 aliphatic rings. The Labute approximate surface area is 115 Å². The predicted octanol–water partition coefficient (Wildman–Crippen LogP) is 3.12. The number of halogens is 2. The molecule has 104 valence electrons. The number of benzene rings is 2. The van der Waals surface area contributed by atoms with Crippen LogP contribution in [0.4, 0.5) is 20.2 Å². The molecule has 0 spiro atoms. The van der Waals surface area contributed by atoms with Gasteiger partial charge in [-0.1, -0.05) is 12.1 Å². The van der Waals surface area contributed by atoms with E-state index in [2.05, 4.69) is 5.32 Å². The Morgan fingerprint density at radius 1 is 1.15 bits per heavy atom. The lowest BCUT2D eigenvalue weighted by atomic mass is 10.1. The Morgan fingerprint density at radius 2 is 1.95 bits per heavy atom. The fourth-order valence-corrected chi connectivity index (χ4v) is 1.81. The molecule has 0 aliphatic heterocycles. The normalized spacial score (nSPS) is 10.3. The maximum Gasteiger partial charge on any atom is 0.224 e. The molecule has 3 nitrogen and oxygen atoms in total. The van der Waals surface area contributed by atoms with Crippen molar-refractivity contribution in [1.29, 1.82) is 0 Å². The van der Waals surface area contributed by atoms with Crippen LogP contribution in [0.25, 0.3) is 0 Å². The van der Waals surface area contributed by atoms with Crippen molar-refractivity contribution in [3.05, 3.63) is 59.7 Å². The van der Waals surface area contributed by atoms with Crippen LogP contribution in [-0.2, 0) is 11.2 Å². The molecule has 0 radical (unpaired) electrons. The van der Waals surface area contributed by atoms with Crippen molar-refractivity contribution < 1.29 is 13.6 Å². The topological polar surface area (TPSA) is 55.1 Å². The second-order valence-electron chi connectivity index (χ2n) is 4.42. The van der Waals surface area contributed by atoms with Gasteiger partial charge in [-0.2, -0.15) is 0 Å². The molecule has 0 aromatic heterocycles. The average molecular weight is 276 g/mol. The van der Waals surface area contributed by atoms with Crippen LogP contribution in [0, 0.1) is 11.6 Å². The van der Waals surface area contributed by atoms with E-state index >= 15 is 0 Å². The summed E-state index contributed by atoms with van der Waals surface area (Å²) in [5.41, 5.74) is 7.18. The lowest BCUT2D eigenvalue weighted by Crippen LogP contribution is -2.13. The van der Waals surface area contributed by atoms with Crippen LogP contribution in [0.5, 0.6) is 0 Å². The van der Waals surface area contributed by atoms with Crippen molar-refractivity contribution in [1.82, 2.24) is 0 Å². The predicted molar refractivity (Wildman–Crippen MR) is 74.2 cm³/mol. The number of nitrogen functional groups attached to an aromatic ring is 1. The molecule has 3 N–H and O–H groups in total. The summed E-state index contributed by atoms with van der Waals surface area (Å²) in [6, 6.07) is 10.2. The van der Waals surface area contributed by atoms with Gasteiger partial charge in [-0.15, -0.1) is 0 Å². The van der Waals surface area contributed by atoms with E-state index in [0.717, 1.165) is 17.7 Å². The van der Waals surface area contributed by atoms with E-state index < -0.39 is 11.6 Å². The standard InChI is InChI=1S/C15H14F2N2O/c16-11-5-6-14(13(17)9-11)19-15(20)7-4-10-2-1-3-12(18)8-10/h1-3,5-6,8-9H,4,7,18H2,(H,19,20). The third-order valence-electron chi connectivity index (χ3n) is 2.80. The number of amides is 1. The Morgan fingerprint density at radius 3 is 2.65 bits per heavy atom. The Hall–Kier alpha value is -2.43. The van der Waals surface area contributed by atoms with Gasteiger partial charge in [0.1, 0.15) is 11.6 Å². The molecule has 0 fully saturated rings. The fraction of sp³-hybridized carbons (Fsp3) is 0.133. The third-order valence-corrected chi connectivity index (χ3v) is 2.80. The minimum absolute atomic E-state index is 0.0241. The molecule has 2 aromatic rings. The van der Waals surface area contributed by atoms with E-state index in [9.17, 15) is 13.6 Å². The summed E-state index contributed by atoms with van der Waals surface area (Å²) < 4.78 is 26.1. The van der Waals surface area contributed by atoms with E-state index in [1.54, 1.807) is 12.1 Å². The molecule has 0 bridgehead atoms. The number of carbonyl (C=O) groups excluding carboxylic acids is 1. The maximum absolute atomic E-state index is 13.4. The maximum atomic E-state index is 13.4. The molecule has 0 saturated carbocycles. The summed E-state index contributed by atoms with van der Waals surface area (Å²) in [5.74, 6) is -1.81. The lowest BCUT2D eigenvalue weighted by molar-refractivity contribution is -0.116. The van der Waals surface area contributed by atoms with Crippen molar-refractivity contribution in [2.45, 2.75) is 12.8 Å². The zero-order valence-corrected chi connectivity index (χ0v) is 10.7. The van der Waals surface area contributed by atoms with Crippen LogP contribution in [0.2, 0.25) is 0 Å². The highest BCUT2D eigenvalue weighted by atomic mass is 19.1. The summed E-state index contributed by atoms with van der Waals surface area (Å²) in [4.78, 5) is 11.7. The number of anilines is 2. The van der Waals surface area contributed by atoms with Crippen LogP contribution < -0.4 is 11.1 Å². The van der Waals surface area contributed by atoms with Gasteiger partial charge in [-0.25, -0.2) is 8.78 Å². The van der Waals surface area contributed by atoms with Gasteiger partial charge >= 0.3 is 0 Å². The summed E-state index contributed by atoms with van der Waals surface area (Å²) in [5, 5.41) is 2.41. The monoisotopic (exact) mass is 276 g/mol. The van der Waals surface area contributed by atoms with Crippen LogP contribution >= 0.6 is 0 Å². The highest BCUT2D eigenvalue weighted by Gasteiger charge is 2.08. The first-order valence-corrected chi connectivity index (χ1v) is 6.14. The number of hydrogen-bond acceptors (Lipinski definition) is 2. The number of rotatable bonds is 4. The molecule has 1 amide bonds. The number of hydrogen-bond donors (Lipinski definition) is 2. The number of carbonyl (C=O) groups is 1. The third kappa shape index (κ3) is 3.78. The van der Waals surface area contributed by atoms with E-state index in [1.807, 2.05) is 12.1 Å². The molecular weight excluding hydrogens is 262 g/mol. The van der Waals surface area contributed by atoms with Crippen LogP contribution in [-0.4, -0.2) is 5.91 Å². The van der Waals surface area contributed by atoms with E-state index in [-0.39, 0.29) is 18.0 Å². The van der Waals surface area contributed by atoms with Crippen molar-refractivity contribution in [2.24, 2.45) is 0 Å². The quantitative estimate of drug-likeness (QED) is 0.843. The Balaban J connectivity index is 1.92. The first-order chi connectivity index (χ1) is 9.54.